The average molecular weight is 354 g/mol. The van der Waals surface area contributed by atoms with Gasteiger partial charge in [0.25, 0.3) is 0 Å². The lowest BCUT2D eigenvalue weighted by atomic mass is 9.87. The van der Waals surface area contributed by atoms with Crippen molar-refractivity contribution in [1.82, 2.24) is 4.98 Å². The lowest BCUT2D eigenvalue weighted by molar-refractivity contribution is 0.305. The second-order valence-corrected chi connectivity index (χ2v) is 7.18. The van der Waals surface area contributed by atoms with Crippen LogP contribution in [0.4, 0.5) is 5.69 Å². The number of aliphatic imine (C=N–C) groups is 2. The molecule has 0 atom stereocenters. The number of unbranched alkanes of at least 4 members (excludes halogenated alkanes) is 1. The van der Waals surface area contributed by atoms with Gasteiger partial charge in [-0.25, -0.2) is 9.98 Å². The van der Waals surface area contributed by atoms with Gasteiger partial charge in [0, 0.05) is 12.1 Å². The van der Waals surface area contributed by atoms with Crippen LogP contribution in [0.15, 0.2) is 32.6 Å². The first-order valence-corrected chi connectivity index (χ1v) is 9.50. The average Bonchev–Trinajstić information content (AvgIpc) is 3.02. The fourth-order valence-corrected chi connectivity index (χ4v) is 4.03. The van der Waals surface area contributed by atoms with Gasteiger partial charge in [0.1, 0.15) is 11.2 Å². The summed E-state index contributed by atoms with van der Waals surface area (Å²) >= 11 is 0. The molecule has 0 unspecified atom stereocenters. The Bertz CT molecular complexity index is 862. The first kappa shape index (κ1) is 16.9. The molecule has 26 heavy (non-hydrogen) atoms. The largest absolute Gasteiger partial charge is 0.441 e. The van der Waals surface area contributed by atoms with Crippen LogP contribution in [0.3, 0.4) is 0 Å². The van der Waals surface area contributed by atoms with Crippen molar-refractivity contribution in [1.29, 1.82) is 0 Å². The number of aromatic nitrogens is 1. The molecule has 1 aromatic heterocycles. The molecule has 2 aromatic rings. The maximum absolute atomic E-state index is 6.29. The third kappa shape index (κ3) is 2.91. The SMILES string of the molecule is CCCCc1nc2cc(N3C(N)=NC(N)=NC34CCCCC4)ccc2o1. The van der Waals surface area contributed by atoms with Crippen LogP contribution in [0.1, 0.15) is 57.8 Å². The van der Waals surface area contributed by atoms with E-state index in [1.807, 2.05) is 23.1 Å². The van der Waals surface area contributed by atoms with Crippen LogP contribution in [0, 0.1) is 0 Å². The second-order valence-electron chi connectivity index (χ2n) is 7.18. The number of rotatable bonds is 4. The molecule has 4 N–H and O–H groups in total. The summed E-state index contributed by atoms with van der Waals surface area (Å²) < 4.78 is 5.85. The third-order valence-electron chi connectivity index (χ3n) is 5.27. The summed E-state index contributed by atoms with van der Waals surface area (Å²) in [6.45, 7) is 2.16. The van der Waals surface area contributed by atoms with E-state index >= 15 is 0 Å². The lowest BCUT2D eigenvalue weighted by Crippen LogP contribution is -2.58. The molecule has 1 aromatic carbocycles. The summed E-state index contributed by atoms with van der Waals surface area (Å²) in [6.07, 6.45) is 8.31. The van der Waals surface area contributed by atoms with Crippen LogP contribution in [-0.4, -0.2) is 22.6 Å². The standard InChI is InChI=1S/C19H26N6O/c1-2-3-7-16-22-14-12-13(8-9-15(14)26-16)25-18(21)23-17(20)24-19(25)10-5-4-6-11-19/h8-9,12H,2-7,10-11H2,1H3,(H4,20,21,23,24). The molecule has 138 valence electrons. The molecule has 2 heterocycles. The van der Waals surface area contributed by atoms with E-state index in [0.29, 0.717) is 5.96 Å². The number of fused-ring (bicyclic) bond motifs is 1. The van der Waals surface area contributed by atoms with E-state index in [1.54, 1.807) is 0 Å². The maximum atomic E-state index is 6.29. The molecule has 1 spiro atoms. The first-order chi connectivity index (χ1) is 12.6. The third-order valence-corrected chi connectivity index (χ3v) is 5.27. The summed E-state index contributed by atoms with van der Waals surface area (Å²) in [5.41, 5.74) is 14.4. The highest BCUT2D eigenvalue weighted by atomic mass is 16.3. The number of aryl methyl sites for hydroxylation is 1. The van der Waals surface area contributed by atoms with Crippen molar-refractivity contribution < 1.29 is 4.42 Å². The molecule has 1 aliphatic heterocycles. The molecule has 2 aliphatic rings. The molecule has 0 amide bonds. The number of benzene rings is 1. The van der Waals surface area contributed by atoms with Gasteiger partial charge < -0.3 is 15.9 Å². The van der Waals surface area contributed by atoms with E-state index in [-0.39, 0.29) is 5.96 Å². The second kappa shape index (κ2) is 6.63. The predicted octanol–water partition coefficient (Wildman–Crippen LogP) is 3.28. The zero-order valence-electron chi connectivity index (χ0n) is 15.2. The van der Waals surface area contributed by atoms with Crippen molar-refractivity contribution in [2.24, 2.45) is 21.5 Å². The first-order valence-electron chi connectivity index (χ1n) is 9.50. The molecule has 0 radical (unpaired) electrons. The topological polar surface area (TPSA) is 106 Å². The van der Waals surface area contributed by atoms with Gasteiger partial charge in [-0.2, -0.15) is 4.99 Å². The van der Waals surface area contributed by atoms with Gasteiger partial charge >= 0.3 is 0 Å². The van der Waals surface area contributed by atoms with E-state index in [9.17, 15) is 0 Å². The van der Waals surface area contributed by atoms with Crippen LogP contribution in [0.5, 0.6) is 0 Å². The Morgan fingerprint density at radius 1 is 1.19 bits per heavy atom. The van der Waals surface area contributed by atoms with Crippen molar-refractivity contribution in [2.45, 2.75) is 64.0 Å². The summed E-state index contributed by atoms with van der Waals surface area (Å²) in [7, 11) is 0. The minimum absolute atomic E-state index is 0.269. The van der Waals surface area contributed by atoms with Gasteiger partial charge in [-0.3, -0.25) is 4.90 Å². The van der Waals surface area contributed by atoms with E-state index in [0.717, 1.165) is 67.6 Å². The van der Waals surface area contributed by atoms with Crippen LogP contribution >= 0.6 is 0 Å². The summed E-state index contributed by atoms with van der Waals surface area (Å²) in [5.74, 6) is 1.45. The number of oxazole rings is 1. The highest BCUT2D eigenvalue weighted by Crippen LogP contribution is 2.40. The Hall–Kier alpha value is -2.57. The Kier molecular flexibility index (Phi) is 4.30. The van der Waals surface area contributed by atoms with Gasteiger partial charge in [0.05, 0.1) is 0 Å². The Morgan fingerprint density at radius 2 is 2.00 bits per heavy atom. The lowest BCUT2D eigenvalue weighted by Gasteiger charge is -2.45. The van der Waals surface area contributed by atoms with Crippen LogP contribution in [-0.2, 0) is 6.42 Å². The fraction of sp³-hybridized carbons (Fsp3) is 0.526. The van der Waals surface area contributed by atoms with Gasteiger partial charge in [-0.15, -0.1) is 0 Å². The Labute approximate surface area is 153 Å². The number of hydrogen-bond donors (Lipinski definition) is 2. The highest BCUT2D eigenvalue weighted by molar-refractivity contribution is 6.06. The number of hydrogen-bond acceptors (Lipinski definition) is 7. The molecule has 1 saturated carbocycles. The van der Waals surface area contributed by atoms with E-state index in [2.05, 4.69) is 16.9 Å². The van der Waals surface area contributed by atoms with Crippen LogP contribution < -0.4 is 16.4 Å². The van der Waals surface area contributed by atoms with Crippen LogP contribution in [0.2, 0.25) is 0 Å². The number of nitrogens with two attached hydrogens (primary N) is 2. The number of nitrogens with zero attached hydrogens (tertiary/aromatic N) is 4. The normalized spacial score (nSPS) is 19.7. The summed E-state index contributed by atoms with van der Waals surface area (Å²) in [5, 5.41) is 0. The summed E-state index contributed by atoms with van der Waals surface area (Å²) in [4.78, 5) is 15.6. The van der Waals surface area contributed by atoms with E-state index in [4.69, 9.17) is 20.9 Å². The highest BCUT2D eigenvalue weighted by Gasteiger charge is 2.42. The van der Waals surface area contributed by atoms with Gasteiger partial charge in [-0.05, 0) is 50.3 Å². The molecule has 7 nitrogen and oxygen atoms in total. The minimum atomic E-state index is -0.434. The van der Waals surface area contributed by atoms with Gasteiger partial charge in [0.15, 0.2) is 11.5 Å². The van der Waals surface area contributed by atoms with E-state index in [1.165, 1.54) is 6.42 Å². The Balaban J connectivity index is 1.73. The van der Waals surface area contributed by atoms with Crippen molar-refractivity contribution in [2.75, 3.05) is 4.90 Å². The monoisotopic (exact) mass is 354 g/mol. The molecule has 4 rings (SSSR count). The van der Waals surface area contributed by atoms with Crippen molar-refractivity contribution in [3.05, 3.63) is 24.1 Å². The molecule has 0 bridgehead atoms. The molecule has 0 saturated heterocycles. The van der Waals surface area contributed by atoms with Gasteiger partial charge in [0.2, 0.25) is 11.9 Å². The molecular formula is C19H26N6O. The van der Waals surface area contributed by atoms with Crippen molar-refractivity contribution in [3.63, 3.8) is 0 Å². The maximum Gasteiger partial charge on any atom is 0.220 e. The minimum Gasteiger partial charge on any atom is -0.441 e. The Morgan fingerprint density at radius 3 is 2.77 bits per heavy atom. The van der Waals surface area contributed by atoms with Crippen LogP contribution in [0.25, 0.3) is 11.1 Å². The predicted molar refractivity (Wildman–Crippen MR) is 104 cm³/mol. The van der Waals surface area contributed by atoms with E-state index < -0.39 is 5.66 Å². The molecule has 1 aliphatic carbocycles. The number of guanidine groups is 2. The summed E-state index contributed by atoms with van der Waals surface area (Å²) in [6, 6.07) is 5.98. The van der Waals surface area contributed by atoms with Crippen molar-refractivity contribution >= 4 is 28.7 Å². The quantitative estimate of drug-likeness (QED) is 0.876. The zero-order chi connectivity index (χ0) is 18.1. The molecule has 7 heteroatoms. The fourth-order valence-electron chi connectivity index (χ4n) is 4.03. The zero-order valence-corrected chi connectivity index (χ0v) is 15.2. The van der Waals surface area contributed by atoms with Gasteiger partial charge in [-0.1, -0.05) is 19.8 Å². The number of anilines is 1. The smallest absolute Gasteiger partial charge is 0.220 e. The molecular weight excluding hydrogens is 328 g/mol. The van der Waals surface area contributed by atoms with Crippen molar-refractivity contribution in [3.8, 4) is 0 Å². The molecule has 1 fully saturated rings.